The van der Waals surface area contributed by atoms with Gasteiger partial charge in [-0.15, -0.1) is 0 Å². The number of benzene rings is 3. The maximum Gasteiger partial charge on any atom is 0.282 e. The summed E-state index contributed by atoms with van der Waals surface area (Å²) in [6.45, 7) is 1.67. The van der Waals surface area contributed by atoms with Crippen LogP contribution in [0.4, 0.5) is 17.1 Å². The minimum Gasteiger partial charge on any atom is -0.483 e. The Labute approximate surface area is 203 Å². The average molecular weight is 471 g/mol. The van der Waals surface area contributed by atoms with E-state index in [1.807, 2.05) is 62.3 Å². The highest BCUT2D eigenvalue weighted by molar-refractivity contribution is 6.31. The lowest BCUT2D eigenvalue weighted by molar-refractivity contribution is -0.118. The maximum absolute atomic E-state index is 13.0. The SMILES string of the molecule is Cc1ccccc1NC(=O)COc1cc(N(C)C)ccc1C=C1C(=O)NN(c2ccccc2)C1=O. The van der Waals surface area contributed by atoms with Crippen LogP contribution in [-0.4, -0.2) is 38.4 Å². The minimum absolute atomic E-state index is 0.0272. The standard InChI is InChI=1S/C27H26N4O4/c1-18-9-7-8-12-23(18)28-25(32)17-35-24-16-21(30(2)3)14-13-19(24)15-22-26(33)29-31(27(22)34)20-10-5-4-6-11-20/h4-16H,17H2,1-3H3,(H,28,32)(H,29,33). The van der Waals surface area contributed by atoms with Gasteiger partial charge < -0.3 is 15.0 Å². The van der Waals surface area contributed by atoms with Gasteiger partial charge in [0.25, 0.3) is 17.7 Å². The summed E-state index contributed by atoms with van der Waals surface area (Å²) >= 11 is 0. The van der Waals surface area contributed by atoms with Crippen molar-refractivity contribution in [2.45, 2.75) is 6.92 Å². The number of para-hydroxylation sites is 2. The first-order valence-corrected chi connectivity index (χ1v) is 11.1. The second kappa shape index (κ2) is 10.1. The number of hydrogen-bond donors (Lipinski definition) is 2. The van der Waals surface area contributed by atoms with Gasteiger partial charge in [0.1, 0.15) is 11.3 Å². The number of carbonyl (C=O) groups excluding carboxylic acids is 3. The number of carbonyl (C=O) groups is 3. The fourth-order valence-corrected chi connectivity index (χ4v) is 3.56. The van der Waals surface area contributed by atoms with Crippen LogP contribution in [0.25, 0.3) is 6.08 Å². The quantitative estimate of drug-likeness (QED) is 0.407. The zero-order valence-electron chi connectivity index (χ0n) is 19.7. The molecule has 0 unspecified atom stereocenters. The van der Waals surface area contributed by atoms with E-state index in [9.17, 15) is 14.4 Å². The highest BCUT2D eigenvalue weighted by Crippen LogP contribution is 2.29. The smallest absolute Gasteiger partial charge is 0.282 e. The van der Waals surface area contributed by atoms with Crippen LogP contribution in [0.15, 0.2) is 78.4 Å². The van der Waals surface area contributed by atoms with Crippen molar-refractivity contribution in [2.24, 2.45) is 0 Å². The van der Waals surface area contributed by atoms with Crippen molar-refractivity contribution < 1.29 is 19.1 Å². The summed E-state index contributed by atoms with van der Waals surface area (Å²) in [5, 5.41) is 4.04. The number of hydrazine groups is 1. The number of aryl methyl sites for hydroxylation is 1. The molecule has 2 N–H and O–H groups in total. The van der Waals surface area contributed by atoms with Crippen molar-refractivity contribution in [1.29, 1.82) is 0 Å². The van der Waals surface area contributed by atoms with Gasteiger partial charge in [-0.1, -0.05) is 36.4 Å². The molecule has 0 aliphatic carbocycles. The number of ether oxygens (including phenoxy) is 1. The predicted octanol–water partition coefficient (Wildman–Crippen LogP) is 3.54. The van der Waals surface area contributed by atoms with Crippen LogP contribution in [0.3, 0.4) is 0 Å². The van der Waals surface area contributed by atoms with Crippen molar-refractivity contribution in [2.75, 3.05) is 35.9 Å². The van der Waals surface area contributed by atoms with E-state index in [0.717, 1.165) is 11.3 Å². The van der Waals surface area contributed by atoms with Gasteiger partial charge in [0.2, 0.25) is 0 Å². The Morgan fingerprint density at radius 2 is 1.74 bits per heavy atom. The van der Waals surface area contributed by atoms with Crippen LogP contribution >= 0.6 is 0 Å². The van der Waals surface area contributed by atoms with Gasteiger partial charge in [-0.3, -0.25) is 19.8 Å². The normalized spacial score (nSPS) is 14.1. The number of nitrogens with zero attached hydrogens (tertiary/aromatic N) is 2. The highest BCUT2D eigenvalue weighted by Gasteiger charge is 2.34. The molecule has 0 bridgehead atoms. The molecule has 0 spiro atoms. The molecule has 35 heavy (non-hydrogen) atoms. The Morgan fingerprint density at radius 1 is 1.03 bits per heavy atom. The van der Waals surface area contributed by atoms with E-state index < -0.39 is 11.8 Å². The largest absolute Gasteiger partial charge is 0.483 e. The zero-order valence-corrected chi connectivity index (χ0v) is 19.7. The summed E-state index contributed by atoms with van der Waals surface area (Å²) < 4.78 is 5.85. The summed E-state index contributed by atoms with van der Waals surface area (Å²) in [5.41, 5.74) is 6.11. The Bertz CT molecular complexity index is 1300. The Balaban J connectivity index is 1.58. The third kappa shape index (κ3) is 5.33. The second-order valence-electron chi connectivity index (χ2n) is 8.24. The number of hydrogen-bond acceptors (Lipinski definition) is 5. The third-order valence-electron chi connectivity index (χ3n) is 5.50. The molecule has 1 aliphatic heterocycles. The lowest BCUT2D eigenvalue weighted by Crippen LogP contribution is -2.35. The lowest BCUT2D eigenvalue weighted by atomic mass is 10.1. The van der Waals surface area contributed by atoms with Crippen molar-refractivity contribution in [3.05, 3.63) is 89.5 Å². The highest BCUT2D eigenvalue weighted by atomic mass is 16.5. The molecule has 3 aromatic carbocycles. The van der Waals surface area contributed by atoms with E-state index in [2.05, 4.69) is 10.7 Å². The van der Waals surface area contributed by atoms with Crippen LogP contribution in [-0.2, 0) is 14.4 Å². The first kappa shape index (κ1) is 23.6. The van der Waals surface area contributed by atoms with Crippen LogP contribution in [0, 0.1) is 6.92 Å². The molecule has 0 aromatic heterocycles. The first-order chi connectivity index (χ1) is 16.8. The van der Waals surface area contributed by atoms with Crippen molar-refractivity contribution in [3.63, 3.8) is 0 Å². The molecular formula is C27H26N4O4. The van der Waals surface area contributed by atoms with E-state index in [0.29, 0.717) is 22.7 Å². The maximum atomic E-state index is 13.0. The Hall–Kier alpha value is -4.59. The summed E-state index contributed by atoms with van der Waals surface area (Å²) in [6, 6.07) is 21.7. The van der Waals surface area contributed by atoms with E-state index in [1.165, 1.54) is 11.1 Å². The van der Waals surface area contributed by atoms with Gasteiger partial charge in [0, 0.05) is 37.1 Å². The summed E-state index contributed by atoms with van der Waals surface area (Å²) in [7, 11) is 3.77. The van der Waals surface area contributed by atoms with Crippen LogP contribution in [0.1, 0.15) is 11.1 Å². The molecule has 0 atom stereocenters. The van der Waals surface area contributed by atoms with Gasteiger partial charge in [-0.25, -0.2) is 5.01 Å². The van der Waals surface area contributed by atoms with E-state index >= 15 is 0 Å². The molecule has 3 amide bonds. The molecule has 1 heterocycles. The van der Waals surface area contributed by atoms with Gasteiger partial charge in [0.05, 0.1) is 5.69 Å². The van der Waals surface area contributed by atoms with Crippen molar-refractivity contribution in [1.82, 2.24) is 5.43 Å². The van der Waals surface area contributed by atoms with E-state index in [4.69, 9.17) is 4.74 Å². The van der Waals surface area contributed by atoms with Gasteiger partial charge in [0.15, 0.2) is 6.61 Å². The minimum atomic E-state index is -0.515. The summed E-state index contributed by atoms with van der Waals surface area (Å²) in [4.78, 5) is 40.0. The Kier molecular flexibility index (Phi) is 6.82. The molecule has 178 valence electrons. The van der Waals surface area contributed by atoms with Crippen LogP contribution in [0.5, 0.6) is 5.75 Å². The summed E-state index contributed by atoms with van der Waals surface area (Å²) in [6.07, 6.45) is 1.48. The molecule has 1 aliphatic rings. The molecule has 0 radical (unpaired) electrons. The fourth-order valence-electron chi connectivity index (χ4n) is 3.56. The molecule has 8 nitrogen and oxygen atoms in total. The number of nitrogens with one attached hydrogen (secondary N) is 2. The number of rotatable bonds is 7. The van der Waals surface area contributed by atoms with Crippen molar-refractivity contribution >= 4 is 40.9 Å². The lowest BCUT2D eigenvalue weighted by Gasteiger charge is -2.16. The van der Waals surface area contributed by atoms with Gasteiger partial charge in [-0.05, 0) is 48.9 Å². The number of amides is 3. The Morgan fingerprint density at radius 3 is 2.46 bits per heavy atom. The molecule has 8 heteroatoms. The predicted molar refractivity (Wildman–Crippen MR) is 136 cm³/mol. The molecule has 4 rings (SSSR count). The fraction of sp³-hybridized carbons (Fsp3) is 0.148. The molecular weight excluding hydrogens is 444 g/mol. The average Bonchev–Trinajstić information content (AvgIpc) is 3.13. The summed E-state index contributed by atoms with van der Waals surface area (Å²) in [5.74, 6) is -0.930. The molecule has 1 fully saturated rings. The first-order valence-electron chi connectivity index (χ1n) is 11.1. The second-order valence-corrected chi connectivity index (χ2v) is 8.24. The zero-order chi connectivity index (χ0) is 24.9. The van der Waals surface area contributed by atoms with Gasteiger partial charge in [-0.2, -0.15) is 0 Å². The molecule has 0 saturated carbocycles. The number of anilines is 3. The third-order valence-corrected chi connectivity index (χ3v) is 5.50. The molecule has 1 saturated heterocycles. The van der Waals surface area contributed by atoms with Gasteiger partial charge >= 0.3 is 0 Å². The van der Waals surface area contributed by atoms with E-state index in [-0.39, 0.29) is 18.1 Å². The van der Waals surface area contributed by atoms with Crippen molar-refractivity contribution in [3.8, 4) is 5.75 Å². The monoisotopic (exact) mass is 470 g/mol. The van der Waals surface area contributed by atoms with E-state index in [1.54, 1.807) is 36.4 Å². The molecule has 3 aromatic rings. The van der Waals surface area contributed by atoms with Crippen LogP contribution in [0.2, 0.25) is 0 Å². The topological polar surface area (TPSA) is 91.0 Å². The van der Waals surface area contributed by atoms with Crippen LogP contribution < -0.4 is 25.4 Å².